The summed E-state index contributed by atoms with van der Waals surface area (Å²) in [4.78, 5) is 0. The summed E-state index contributed by atoms with van der Waals surface area (Å²) < 4.78 is 28.2. The molecule has 5 heteroatoms. The van der Waals surface area contributed by atoms with Crippen LogP contribution in [-0.4, -0.2) is 31.6 Å². The normalized spacial score (nSPS) is 18.3. The zero-order valence-corrected chi connectivity index (χ0v) is 11.9. The van der Waals surface area contributed by atoms with Gasteiger partial charge in [0.15, 0.2) is 0 Å². The quantitative estimate of drug-likeness (QED) is 0.810. The summed E-state index contributed by atoms with van der Waals surface area (Å²) in [5, 5.41) is 9.70. The number of sulfone groups is 1. The summed E-state index contributed by atoms with van der Waals surface area (Å²) in [6.07, 6.45) is 1.81. The molecular formula is C14H20O4S. The molecule has 4 nitrogen and oxygen atoms in total. The summed E-state index contributed by atoms with van der Waals surface area (Å²) in [7, 11) is -2.90. The first-order chi connectivity index (χ1) is 9.02. The Morgan fingerprint density at radius 1 is 1.42 bits per heavy atom. The fourth-order valence-corrected chi connectivity index (χ4v) is 3.12. The van der Waals surface area contributed by atoms with E-state index in [0.717, 1.165) is 29.7 Å². The van der Waals surface area contributed by atoms with Crippen LogP contribution in [0.4, 0.5) is 0 Å². The van der Waals surface area contributed by atoms with E-state index in [-0.39, 0.29) is 17.6 Å². The van der Waals surface area contributed by atoms with E-state index in [0.29, 0.717) is 13.0 Å². The van der Waals surface area contributed by atoms with E-state index < -0.39 is 9.84 Å². The average molecular weight is 284 g/mol. The Hall–Kier alpha value is -1.07. The Balaban J connectivity index is 1.85. The van der Waals surface area contributed by atoms with Crippen LogP contribution in [0.2, 0.25) is 0 Å². The van der Waals surface area contributed by atoms with Crippen molar-refractivity contribution in [2.24, 2.45) is 0 Å². The number of hydrogen-bond donors (Lipinski definition) is 1. The third kappa shape index (κ3) is 3.70. The van der Waals surface area contributed by atoms with E-state index in [1.807, 2.05) is 18.2 Å². The molecular weight excluding hydrogens is 264 g/mol. The van der Waals surface area contributed by atoms with Crippen molar-refractivity contribution >= 4 is 9.84 Å². The Kier molecular flexibility index (Phi) is 4.47. The molecule has 1 aliphatic carbocycles. The zero-order valence-electron chi connectivity index (χ0n) is 11.1. The van der Waals surface area contributed by atoms with Crippen LogP contribution in [0.25, 0.3) is 0 Å². The van der Waals surface area contributed by atoms with Gasteiger partial charge in [-0.1, -0.05) is 13.0 Å². The van der Waals surface area contributed by atoms with Crippen molar-refractivity contribution in [3.05, 3.63) is 29.3 Å². The second kappa shape index (κ2) is 5.92. The lowest BCUT2D eigenvalue weighted by atomic mass is 10.1. The molecule has 0 bridgehead atoms. The highest BCUT2D eigenvalue weighted by molar-refractivity contribution is 7.91. The van der Waals surface area contributed by atoms with Crippen LogP contribution < -0.4 is 4.74 Å². The van der Waals surface area contributed by atoms with Crippen LogP contribution in [0.15, 0.2) is 18.2 Å². The topological polar surface area (TPSA) is 63.6 Å². The smallest absolute Gasteiger partial charge is 0.150 e. The highest BCUT2D eigenvalue weighted by atomic mass is 32.2. The minimum absolute atomic E-state index is 0.174. The summed E-state index contributed by atoms with van der Waals surface area (Å²) >= 11 is 0. The van der Waals surface area contributed by atoms with E-state index >= 15 is 0 Å². The van der Waals surface area contributed by atoms with Gasteiger partial charge in [-0.25, -0.2) is 8.42 Å². The fourth-order valence-electron chi connectivity index (χ4n) is 2.27. The van der Waals surface area contributed by atoms with Crippen LogP contribution in [0.5, 0.6) is 5.75 Å². The van der Waals surface area contributed by atoms with Crippen LogP contribution in [0.3, 0.4) is 0 Å². The van der Waals surface area contributed by atoms with Crippen LogP contribution in [0, 0.1) is 0 Å². The number of aliphatic hydroxyl groups excluding tert-OH is 1. The number of rotatable bonds is 6. The number of ether oxygens (including phenoxy) is 1. The van der Waals surface area contributed by atoms with Crippen molar-refractivity contribution < 1.29 is 18.3 Å². The maximum Gasteiger partial charge on any atom is 0.150 e. The molecule has 19 heavy (non-hydrogen) atoms. The van der Waals surface area contributed by atoms with E-state index in [1.54, 1.807) is 6.92 Å². The fraction of sp³-hybridized carbons (Fsp3) is 0.571. The van der Waals surface area contributed by atoms with Gasteiger partial charge in [0.25, 0.3) is 0 Å². The molecule has 1 unspecified atom stereocenters. The van der Waals surface area contributed by atoms with Crippen molar-refractivity contribution in [2.45, 2.75) is 32.3 Å². The van der Waals surface area contributed by atoms with Crippen LogP contribution in [0.1, 0.15) is 37.0 Å². The van der Waals surface area contributed by atoms with Crippen molar-refractivity contribution in [1.82, 2.24) is 0 Å². The summed E-state index contributed by atoms with van der Waals surface area (Å²) in [6, 6.07) is 5.67. The molecule has 0 saturated carbocycles. The third-order valence-corrected chi connectivity index (χ3v) is 5.26. The van der Waals surface area contributed by atoms with E-state index in [9.17, 15) is 13.5 Å². The highest BCUT2D eigenvalue weighted by Crippen LogP contribution is 2.33. The molecule has 0 fully saturated rings. The second-order valence-corrected chi connectivity index (χ2v) is 7.33. The van der Waals surface area contributed by atoms with Crippen molar-refractivity contribution in [2.75, 3.05) is 18.1 Å². The number of benzene rings is 1. The van der Waals surface area contributed by atoms with Gasteiger partial charge < -0.3 is 9.84 Å². The minimum Gasteiger partial charge on any atom is -0.494 e. The number of hydrogen-bond acceptors (Lipinski definition) is 4. The predicted molar refractivity (Wildman–Crippen MR) is 74.2 cm³/mol. The Morgan fingerprint density at radius 3 is 2.95 bits per heavy atom. The summed E-state index contributed by atoms with van der Waals surface area (Å²) in [6.45, 7) is 2.06. The molecule has 1 N–H and O–H groups in total. The molecule has 0 spiro atoms. The number of aryl methyl sites for hydroxylation is 1. The molecule has 0 saturated heterocycles. The first-order valence-electron chi connectivity index (χ1n) is 6.66. The van der Waals surface area contributed by atoms with Gasteiger partial charge in [0.2, 0.25) is 0 Å². The molecule has 0 heterocycles. The lowest BCUT2D eigenvalue weighted by molar-refractivity contribution is 0.180. The Bertz CT molecular complexity index is 536. The molecule has 1 aromatic rings. The highest BCUT2D eigenvalue weighted by Gasteiger charge is 2.20. The van der Waals surface area contributed by atoms with E-state index in [2.05, 4.69) is 0 Å². The first-order valence-corrected chi connectivity index (χ1v) is 8.48. The predicted octanol–water partition coefficient (Wildman–Crippen LogP) is 1.87. The molecule has 2 rings (SSSR count). The summed E-state index contributed by atoms with van der Waals surface area (Å²) in [5.41, 5.74) is 2.12. The molecule has 1 aromatic carbocycles. The van der Waals surface area contributed by atoms with Gasteiger partial charge in [0.1, 0.15) is 15.6 Å². The monoisotopic (exact) mass is 284 g/mol. The standard InChI is InChI=1S/C14H20O4S/c1-2-19(16,17)9-3-8-18-12-5-6-13-11(10-12)4-7-14(13)15/h5-6,10,14-15H,2-4,7-9H2,1H3. The lowest BCUT2D eigenvalue weighted by Gasteiger charge is -2.09. The lowest BCUT2D eigenvalue weighted by Crippen LogP contribution is -2.11. The van der Waals surface area contributed by atoms with Crippen LogP contribution in [-0.2, 0) is 16.3 Å². The maximum atomic E-state index is 11.3. The molecule has 1 atom stereocenters. The molecule has 0 radical (unpaired) electrons. The molecule has 0 amide bonds. The zero-order chi connectivity index (χ0) is 13.9. The van der Waals surface area contributed by atoms with Gasteiger partial charge >= 0.3 is 0 Å². The van der Waals surface area contributed by atoms with Gasteiger partial charge in [0.05, 0.1) is 18.5 Å². The average Bonchev–Trinajstić information content (AvgIpc) is 2.76. The van der Waals surface area contributed by atoms with Crippen LogP contribution >= 0.6 is 0 Å². The Morgan fingerprint density at radius 2 is 2.21 bits per heavy atom. The van der Waals surface area contributed by atoms with Gasteiger partial charge in [-0.2, -0.15) is 0 Å². The number of fused-ring (bicyclic) bond motifs is 1. The van der Waals surface area contributed by atoms with Gasteiger partial charge in [-0.05, 0) is 42.5 Å². The van der Waals surface area contributed by atoms with Gasteiger partial charge in [0, 0.05) is 5.75 Å². The summed E-state index contributed by atoms with van der Waals surface area (Å²) in [5.74, 6) is 1.11. The minimum atomic E-state index is -2.90. The largest absolute Gasteiger partial charge is 0.494 e. The number of aliphatic hydroxyl groups is 1. The van der Waals surface area contributed by atoms with Gasteiger partial charge in [-0.3, -0.25) is 0 Å². The van der Waals surface area contributed by atoms with E-state index in [4.69, 9.17) is 4.74 Å². The van der Waals surface area contributed by atoms with Crippen molar-refractivity contribution in [1.29, 1.82) is 0 Å². The van der Waals surface area contributed by atoms with Crippen molar-refractivity contribution in [3.8, 4) is 5.75 Å². The molecule has 0 aliphatic heterocycles. The third-order valence-electron chi connectivity index (χ3n) is 3.47. The Labute approximate surface area is 114 Å². The molecule has 106 valence electrons. The maximum absolute atomic E-state index is 11.3. The SMILES string of the molecule is CCS(=O)(=O)CCCOc1ccc2c(c1)CCC2O. The van der Waals surface area contributed by atoms with Crippen molar-refractivity contribution in [3.63, 3.8) is 0 Å². The molecule has 1 aliphatic rings. The van der Waals surface area contributed by atoms with Gasteiger partial charge in [-0.15, -0.1) is 0 Å². The second-order valence-electron chi connectivity index (χ2n) is 4.85. The van der Waals surface area contributed by atoms with E-state index in [1.165, 1.54) is 0 Å². The first kappa shape index (κ1) is 14.3. The molecule has 0 aromatic heterocycles.